The SMILES string of the molecule is Cc1ccc(N2CCC(N(C)C(=O)C3(Cl)CC3(Cl)Cl)C2=O)cc1. The molecule has 1 aliphatic heterocycles. The average molecular weight is 376 g/mol. The summed E-state index contributed by atoms with van der Waals surface area (Å²) in [6, 6.07) is 7.19. The quantitative estimate of drug-likeness (QED) is 0.762. The number of halogens is 3. The number of carbonyl (C=O) groups is 2. The molecule has 1 saturated heterocycles. The van der Waals surface area contributed by atoms with E-state index in [1.54, 1.807) is 11.9 Å². The molecule has 2 fully saturated rings. The van der Waals surface area contributed by atoms with Gasteiger partial charge in [0.15, 0.2) is 4.87 Å². The molecule has 3 rings (SSSR count). The van der Waals surface area contributed by atoms with E-state index in [9.17, 15) is 9.59 Å². The number of amides is 2. The van der Waals surface area contributed by atoms with Crippen LogP contribution in [0.3, 0.4) is 0 Å². The summed E-state index contributed by atoms with van der Waals surface area (Å²) in [5.74, 6) is -0.506. The fourth-order valence-electron chi connectivity index (χ4n) is 2.92. The van der Waals surface area contributed by atoms with Crippen LogP contribution in [0.2, 0.25) is 0 Å². The van der Waals surface area contributed by atoms with Gasteiger partial charge in [-0.1, -0.05) is 40.9 Å². The Bertz CT molecular complexity index is 662. The van der Waals surface area contributed by atoms with E-state index in [2.05, 4.69) is 0 Å². The summed E-state index contributed by atoms with van der Waals surface area (Å²) >= 11 is 18.1. The highest BCUT2D eigenvalue weighted by Crippen LogP contribution is 2.62. The number of anilines is 1. The lowest BCUT2D eigenvalue weighted by Gasteiger charge is -2.26. The van der Waals surface area contributed by atoms with E-state index in [0.717, 1.165) is 11.3 Å². The van der Waals surface area contributed by atoms with Gasteiger partial charge < -0.3 is 9.80 Å². The number of carbonyl (C=O) groups excluding carboxylic acids is 2. The highest BCUT2D eigenvalue weighted by atomic mass is 35.5. The molecular formula is C16H17Cl3N2O2. The maximum absolute atomic E-state index is 12.7. The fourth-order valence-corrected chi connectivity index (χ4v) is 3.95. The molecule has 7 heteroatoms. The van der Waals surface area contributed by atoms with E-state index in [1.165, 1.54) is 4.90 Å². The van der Waals surface area contributed by atoms with Crippen LogP contribution in [-0.2, 0) is 9.59 Å². The van der Waals surface area contributed by atoms with E-state index in [-0.39, 0.29) is 12.3 Å². The number of hydrogen-bond donors (Lipinski definition) is 0. The second-order valence-corrected chi connectivity index (χ2v) is 8.36. The van der Waals surface area contributed by atoms with Gasteiger partial charge in [0.25, 0.3) is 0 Å². The predicted molar refractivity (Wildman–Crippen MR) is 92.3 cm³/mol. The zero-order valence-electron chi connectivity index (χ0n) is 12.9. The van der Waals surface area contributed by atoms with Crippen molar-refractivity contribution in [2.75, 3.05) is 18.5 Å². The summed E-state index contributed by atoms with van der Waals surface area (Å²) in [7, 11) is 1.58. The van der Waals surface area contributed by atoms with Crippen molar-refractivity contribution in [3.8, 4) is 0 Å². The Morgan fingerprint density at radius 2 is 1.83 bits per heavy atom. The number of benzene rings is 1. The van der Waals surface area contributed by atoms with Crippen LogP contribution < -0.4 is 4.90 Å². The maximum atomic E-state index is 12.7. The summed E-state index contributed by atoms with van der Waals surface area (Å²) in [5.41, 5.74) is 1.96. The molecule has 2 aliphatic rings. The van der Waals surface area contributed by atoms with Crippen LogP contribution in [0.4, 0.5) is 5.69 Å². The van der Waals surface area contributed by atoms with Crippen LogP contribution in [0.1, 0.15) is 18.4 Å². The van der Waals surface area contributed by atoms with Crippen molar-refractivity contribution in [3.63, 3.8) is 0 Å². The third-order valence-corrected chi connectivity index (χ3v) is 6.29. The predicted octanol–water partition coefficient (Wildman–Crippen LogP) is 3.11. The molecule has 1 aromatic rings. The minimum absolute atomic E-state index is 0.111. The first-order valence-corrected chi connectivity index (χ1v) is 8.53. The molecule has 0 N–H and O–H groups in total. The molecule has 1 aliphatic carbocycles. The molecule has 2 amide bonds. The molecular weight excluding hydrogens is 359 g/mol. The normalized spacial score (nSPS) is 28.8. The number of likely N-dealkylation sites (N-methyl/N-ethyl adjacent to an activating group) is 1. The van der Waals surface area contributed by atoms with Crippen LogP contribution in [0.5, 0.6) is 0 Å². The maximum Gasteiger partial charge on any atom is 0.249 e. The van der Waals surface area contributed by atoms with Crippen molar-refractivity contribution in [1.29, 1.82) is 0 Å². The van der Waals surface area contributed by atoms with Crippen molar-refractivity contribution >= 4 is 52.3 Å². The van der Waals surface area contributed by atoms with Gasteiger partial charge in [0.05, 0.1) is 0 Å². The molecule has 1 saturated carbocycles. The molecule has 23 heavy (non-hydrogen) atoms. The average Bonchev–Trinajstić information content (AvgIpc) is 2.82. The lowest BCUT2D eigenvalue weighted by molar-refractivity contribution is -0.137. The Balaban J connectivity index is 1.74. The number of alkyl halides is 3. The fraction of sp³-hybridized carbons (Fsp3) is 0.500. The first-order valence-electron chi connectivity index (χ1n) is 7.39. The first kappa shape index (κ1) is 16.9. The van der Waals surface area contributed by atoms with Gasteiger partial charge >= 0.3 is 0 Å². The number of aryl methyl sites for hydroxylation is 1. The van der Waals surface area contributed by atoms with Gasteiger partial charge in [-0.15, -0.1) is 11.6 Å². The van der Waals surface area contributed by atoms with E-state index in [1.807, 2.05) is 31.2 Å². The Morgan fingerprint density at radius 3 is 2.35 bits per heavy atom. The molecule has 124 valence electrons. The van der Waals surface area contributed by atoms with E-state index >= 15 is 0 Å². The van der Waals surface area contributed by atoms with Crippen molar-refractivity contribution in [3.05, 3.63) is 29.8 Å². The second-order valence-electron chi connectivity index (χ2n) is 6.23. The standard InChI is InChI=1S/C16H17Cl3N2O2/c1-10-3-5-11(6-4-10)21-8-7-12(13(21)22)20(2)14(23)15(17)9-16(15,18)19/h3-6,12H,7-9H2,1-2H3. The van der Waals surface area contributed by atoms with Gasteiger partial charge in [-0.25, -0.2) is 0 Å². The third-order valence-electron chi connectivity index (χ3n) is 4.57. The lowest BCUT2D eigenvalue weighted by Crippen LogP contribution is -2.47. The highest BCUT2D eigenvalue weighted by Gasteiger charge is 2.72. The van der Waals surface area contributed by atoms with Gasteiger partial charge in [-0.3, -0.25) is 9.59 Å². The lowest BCUT2D eigenvalue weighted by atomic mass is 10.2. The topological polar surface area (TPSA) is 40.6 Å². The van der Waals surface area contributed by atoms with Gasteiger partial charge in [0.1, 0.15) is 10.4 Å². The zero-order valence-corrected chi connectivity index (χ0v) is 15.1. The zero-order chi connectivity index (χ0) is 17.0. The Kier molecular flexibility index (Phi) is 4.06. The van der Waals surface area contributed by atoms with Gasteiger partial charge in [0.2, 0.25) is 11.8 Å². The largest absolute Gasteiger partial charge is 0.332 e. The Labute approximate surface area is 150 Å². The Morgan fingerprint density at radius 1 is 1.26 bits per heavy atom. The van der Waals surface area contributed by atoms with Crippen LogP contribution >= 0.6 is 34.8 Å². The highest BCUT2D eigenvalue weighted by molar-refractivity contribution is 6.62. The monoisotopic (exact) mass is 374 g/mol. The van der Waals surface area contributed by atoms with Crippen LogP contribution in [-0.4, -0.2) is 45.6 Å². The molecule has 1 heterocycles. The molecule has 0 aromatic heterocycles. The summed E-state index contributed by atoms with van der Waals surface area (Å²) in [6.45, 7) is 2.55. The molecule has 0 radical (unpaired) electrons. The first-order chi connectivity index (χ1) is 10.7. The van der Waals surface area contributed by atoms with Crippen molar-refractivity contribution in [2.24, 2.45) is 0 Å². The molecule has 2 atom stereocenters. The Hall–Kier alpha value is -0.970. The van der Waals surface area contributed by atoms with Crippen molar-refractivity contribution < 1.29 is 9.59 Å². The van der Waals surface area contributed by atoms with Crippen molar-refractivity contribution in [1.82, 2.24) is 4.90 Å². The van der Waals surface area contributed by atoms with Gasteiger partial charge in [-0.2, -0.15) is 0 Å². The van der Waals surface area contributed by atoms with Crippen LogP contribution in [0.25, 0.3) is 0 Å². The molecule has 4 nitrogen and oxygen atoms in total. The molecule has 0 spiro atoms. The van der Waals surface area contributed by atoms with Gasteiger partial charge in [0, 0.05) is 25.7 Å². The van der Waals surface area contributed by atoms with E-state index in [0.29, 0.717) is 13.0 Å². The number of hydrogen-bond acceptors (Lipinski definition) is 2. The molecule has 2 unspecified atom stereocenters. The summed E-state index contributed by atoms with van der Waals surface area (Å²) in [4.78, 5) is 26.9. The van der Waals surface area contributed by atoms with E-state index < -0.39 is 21.2 Å². The number of rotatable bonds is 3. The van der Waals surface area contributed by atoms with Crippen molar-refractivity contribution in [2.45, 2.75) is 35.0 Å². The molecule has 0 bridgehead atoms. The van der Waals surface area contributed by atoms with Crippen LogP contribution in [0, 0.1) is 6.92 Å². The van der Waals surface area contributed by atoms with Gasteiger partial charge in [-0.05, 0) is 25.5 Å². The summed E-state index contributed by atoms with van der Waals surface area (Å²) < 4.78 is -1.25. The third kappa shape index (κ3) is 2.71. The summed E-state index contributed by atoms with van der Waals surface area (Å²) in [6.07, 6.45) is 0.746. The minimum Gasteiger partial charge on any atom is -0.332 e. The van der Waals surface area contributed by atoms with Crippen LogP contribution in [0.15, 0.2) is 24.3 Å². The second kappa shape index (κ2) is 5.54. The molecule has 1 aromatic carbocycles. The van der Waals surface area contributed by atoms with E-state index in [4.69, 9.17) is 34.8 Å². The minimum atomic E-state index is -1.32. The number of nitrogens with zero attached hydrogens (tertiary/aromatic N) is 2. The smallest absolute Gasteiger partial charge is 0.249 e. The summed E-state index contributed by atoms with van der Waals surface area (Å²) in [5, 5.41) is 0.